The van der Waals surface area contributed by atoms with E-state index in [-0.39, 0.29) is 4.90 Å². The van der Waals surface area contributed by atoms with Crippen LogP contribution in [0.2, 0.25) is 0 Å². The first kappa shape index (κ1) is 20.8. The molecule has 0 unspecified atom stereocenters. The average Bonchev–Trinajstić information content (AvgIpc) is 2.69. The molecule has 0 saturated carbocycles. The Kier molecular flexibility index (Phi) is 6.20. The summed E-state index contributed by atoms with van der Waals surface area (Å²) in [5.41, 5.74) is 1.35. The molecule has 7 heteroatoms. The third-order valence-electron chi connectivity index (χ3n) is 4.53. The Bertz CT molecular complexity index is 1140. The Hall–Kier alpha value is -2.90. The average molecular weight is 413 g/mol. The maximum Gasteiger partial charge on any atom is 0.242 e. The highest BCUT2D eigenvalue weighted by Gasteiger charge is 2.23. The molecule has 152 valence electrons. The lowest BCUT2D eigenvalue weighted by Gasteiger charge is -2.16. The van der Waals surface area contributed by atoms with Crippen LogP contribution >= 0.6 is 0 Å². The van der Waals surface area contributed by atoms with Crippen LogP contribution in [0.5, 0.6) is 5.75 Å². The second kappa shape index (κ2) is 8.63. The second-order valence-electron chi connectivity index (χ2n) is 6.72. The summed E-state index contributed by atoms with van der Waals surface area (Å²) >= 11 is 0. The number of sulfonamides is 1. The molecular formula is C22H24N2O4S. The van der Waals surface area contributed by atoms with Crippen LogP contribution in [0, 0.1) is 6.92 Å². The van der Waals surface area contributed by atoms with Gasteiger partial charge in [-0.1, -0.05) is 36.4 Å². The second-order valence-corrected chi connectivity index (χ2v) is 8.43. The minimum absolute atomic E-state index is 0.0864. The van der Waals surface area contributed by atoms with Gasteiger partial charge in [0.2, 0.25) is 15.9 Å². The number of carbonyl (C=O) groups excluding carboxylic acids is 1. The largest absolute Gasteiger partial charge is 0.494 e. The minimum Gasteiger partial charge on any atom is -0.494 e. The molecule has 29 heavy (non-hydrogen) atoms. The van der Waals surface area contributed by atoms with Gasteiger partial charge in [-0.25, -0.2) is 8.42 Å². The number of amides is 1. The van der Waals surface area contributed by atoms with E-state index in [9.17, 15) is 13.2 Å². The molecule has 0 aromatic heterocycles. The van der Waals surface area contributed by atoms with Gasteiger partial charge < -0.3 is 10.1 Å². The van der Waals surface area contributed by atoms with E-state index in [1.807, 2.05) is 43.3 Å². The predicted molar refractivity (Wildman–Crippen MR) is 115 cm³/mol. The zero-order valence-electron chi connectivity index (χ0n) is 16.6. The molecule has 0 aliphatic carbocycles. The van der Waals surface area contributed by atoms with Gasteiger partial charge in [0.1, 0.15) is 5.75 Å². The van der Waals surface area contributed by atoms with Gasteiger partial charge >= 0.3 is 0 Å². The van der Waals surface area contributed by atoms with Crippen molar-refractivity contribution >= 4 is 32.4 Å². The molecule has 0 saturated heterocycles. The number of rotatable bonds is 7. The molecule has 0 spiro atoms. The smallest absolute Gasteiger partial charge is 0.242 e. The number of hydrogen-bond donors (Lipinski definition) is 2. The summed E-state index contributed by atoms with van der Waals surface area (Å²) in [5, 5.41) is 4.69. The molecule has 0 fully saturated rings. The van der Waals surface area contributed by atoms with Crippen molar-refractivity contribution < 1.29 is 17.9 Å². The van der Waals surface area contributed by atoms with E-state index in [2.05, 4.69) is 10.0 Å². The molecule has 0 heterocycles. The molecular weight excluding hydrogens is 388 g/mol. The Morgan fingerprint density at radius 3 is 2.52 bits per heavy atom. The first-order valence-electron chi connectivity index (χ1n) is 9.36. The summed E-state index contributed by atoms with van der Waals surface area (Å²) in [6.45, 7) is 5.65. The highest BCUT2D eigenvalue weighted by atomic mass is 32.2. The van der Waals surface area contributed by atoms with Crippen molar-refractivity contribution in [3.63, 3.8) is 0 Å². The molecule has 6 nitrogen and oxygen atoms in total. The van der Waals surface area contributed by atoms with E-state index >= 15 is 0 Å². The number of ether oxygens (including phenoxy) is 1. The zero-order chi connectivity index (χ0) is 21.0. The summed E-state index contributed by atoms with van der Waals surface area (Å²) in [6, 6.07) is 16.9. The molecule has 3 rings (SSSR count). The van der Waals surface area contributed by atoms with Gasteiger partial charge in [-0.05, 0) is 56.0 Å². The summed E-state index contributed by atoms with van der Waals surface area (Å²) in [5.74, 6) is 0.195. The third kappa shape index (κ3) is 4.75. The SMILES string of the molecule is CCOc1ccc(S(=O)(=O)N[C@H](C)C(=O)Nc2cccc3ccccc23)cc1C. The zero-order valence-corrected chi connectivity index (χ0v) is 17.4. The summed E-state index contributed by atoms with van der Waals surface area (Å²) < 4.78 is 33.3. The van der Waals surface area contributed by atoms with Gasteiger partial charge in [0.15, 0.2) is 0 Å². The maximum atomic E-state index is 12.7. The Morgan fingerprint density at radius 1 is 1.07 bits per heavy atom. The number of hydrogen-bond acceptors (Lipinski definition) is 4. The van der Waals surface area contributed by atoms with E-state index in [0.29, 0.717) is 23.6 Å². The lowest BCUT2D eigenvalue weighted by molar-refractivity contribution is -0.117. The molecule has 1 amide bonds. The van der Waals surface area contributed by atoms with E-state index < -0.39 is 22.0 Å². The van der Waals surface area contributed by atoms with Crippen LogP contribution in [0.1, 0.15) is 19.4 Å². The summed E-state index contributed by atoms with van der Waals surface area (Å²) in [7, 11) is -3.86. The Morgan fingerprint density at radius 2 is 1.79 bits per heavy atom. The number of aryl methyl sites for hydroxylation is 1. The third-order valence-corrected chi connectivity index (χ3v) is 6.07. The van der Waals surface area contributed by atoms with E-state index in [0.717, 1.165) is 10.8 Å². The Labute approximate surface area is 170 Å². The fourth-order valence-corrected chi connectivity index (χ4v) is 4.32. The molecule has 3 aromatic rings. The highest BCUT2D eigenvalue weighted by molar-refractivity contribution is 7.89. The normalized spacial score (nSPS) is 12.5. The van der Waals surface area contributed by atoms with E-state index in [1.165, 1.54) is 19.1 Å². The number of nitrogens with one attached hydrogen (secondary N) is 2. The minimum atomic E-state index is -3.86. The predicted octanol–water partition coefficient (Wildman–Crippen LogP) is 3.85. The Balaban J connectivity index is 1.75. The van der Waals surface area contributed by atoms with Gasteiger partial charge in [0, 0.05) is 11.1 Å². The standard InChI is InChI=1S/C22H24N2O4S/c1-4-28-21-13-12-18(14-15(21)2)29(26,27)24-16(3)22(25)23-20-11-7-9-17-8-5-6-10-19(17)20/h5-14,16,24H,4H2,1-3H3,(H,23,25)/t16-/m1/s1. The molecule has 0 aliphatic rings. The van der Waals surface area contributed by atoms with Gasteiger partial charge in [-0.15, -0.1) is 0 Å². The quantitative estimate of drug-likeness (QED) is 0.617. The lowest BCUT2D eigenvalue weighted by Crippen LogP contribution is -2.41. The maximum absolute atomic E-state index is 12.7. The van der Waals surface area contributed by atoms with Crippen molar-refractivity contribution in [3.05, 3.63) is 66.2 Å². The number of benzene rings is 3. The number of carbonyl (C=O) groups is 1. The summed E-state index contributed by atoms with van der Waals surface area (Å²) in [6.07, 6.45) is 0. The van der Waals surface area contributed by atoms with Crippen LogP contribution in [0.4, 0.5) is 5.69 Å². The van der Waals surface area contributed by atoms with E-state index in [4.69, 9.17) is 4.74 Å². The van der Waals surface area contributed by atoms with Gasteiger partial charge in [-0.3, -0.25) is 4.79 Å². The van der Waals surface area contributed by atoms with Gasteiger partial charge in [0.05, 0.1) is 17.5 Å². The van der Waals surface area contributed by atoms with Crippen molar-refractivity contribution in [2.24, 2.45) is 0 Å². The molecule has 0 aliphatic heterocycles. The summed E-state index contributed by atoms with van der Waals surface area (Å²) in [4.78, 5) is 12.7. The van der Waals surface area contributed by atoms with Crippen LogP contribution in [0.25, 0.3) is 10.8 Å². The number of fused-ring (bicyclic) bond motifs is 1. The van der Waals surface area contributed by atoms with Gasteiger partial charge in [0.25, 0.3) is 0 Å². The monoisotopic (exact) mass is 412 g/mol. The molecule has 0 radical (unpaired) electrons. The highest BCUT2D eigenvalue weighted by Crippen LogP contribution is 2.24. The van der Waals surface area contributed by atoms with Crippen LogP contribution in [-0.4, -0.2) is 27.0 Å². The lowest BCUT2D eigenvalue weighted by atomic mass is 10.1. The molecule has 2 N–H and O–H groups in total. The first-order chi connectivity index (χ1) is 13.8. The van der Waals surface area contributed by atoms with Crippen LogP contribution in [0.15, 0.2) is 65.6 Å². The fourth-order valence-electron chi connectivity index (χ4n) is 3.04. The van der Waals surface area contributed by atoms with Crippen molar-refractivity contribution in [2.45, 2.75) is 31.7 Å². The topological polar surface area (TPSA) is 84.5 Å². The molecule has 0 bridgehead atoms. The number of anilines is 1. The van der Waals surface area contributed by atoms with Gasteiger partial charge in [-0.2, -0.15) is 4.72 Å². The fraction of sp³-hybridized carbons (Fsp3) is 0.227. The van der Waals surface area contributed by atoms with Crippen molar-refractivity contribution in [1.82, 2.24) is 4.72 Å². The molecule has 1 atom stereocenters. The molecule has 3 aromatic carbocycles. The van der Waals surface area contributed by atoms with Crippen LogP contribution in [-0.2, 0) is 14.8 Å². The van der Waals surface area contributed by atoms with Crippen LogP contribution in [0.3, 0.4) is 0 Å². The van der Waals surface area contributed by atoms with Crippen molar-refractivity contribution in [1.29, 1.82) is 0 Å². The van der Waals surface area contributed by atoms with Crippen molar-refractivity contribution in [3.8, 4) is 5.75 Å². The van der Waals surface area contributed by atoms with E-state index in [1.54, 1.807) is 19.1 Å². The first-order valence-corrected chi connectivity index (χ1v) is 10.8. The van der Waals surface area contributed by atoms with Crippen LogP contribution < -0.4 is 14.8 Å². The van der Waals surface area contributed by atoms with Crippen molar-refractivity contribution in [2.75, 3.05) is 11.9 Å².